The summed E-state index contributed by atoms with van der Waals surface area (Å²) < 4.78 is 26.3. The van der Waals surface area contributed by atoms with Crippen molar-refractivity contribution in [2.75, 3.05) is 0 Å². The molecule has 0 unspecified atom stereocenters. The van der Waals surface area contributed by atoms with Crippen molar-refractivity contribution in [1.82, 2.24) is 4.89 Å². The summed E-state index contributed by atoms with van der Waals surface area (Å²) in [6, 6.07) is 0. The van der Waals surface area contributed by atoms with Crippen molar-refractivity contribution in [3.63, 3.8) is 0 Å². The van der Waals surface area contributed by atoms with Crippen LogP contribution in [-0.4, -0.2) is 16.7 Å². The number of nitrogens with two attached hydrogens (primary N) is 1. The Labute approximate surface area is 80.9 Å². The van der Waals surface area contributed by atoms with Gasteiger partial charge >= 0.3 is 0 Å². The van der Waals surface area contributed by atoms with E-state index in [-0.39, 0.29) is 5.04 Å². The molecule has 7 heteroatoms. The van der Waals surface area contributed by atoms with E-state index in [9.17, 15) is 8.42 Å². The monoisotopic (exact) mass is 226 g/mol. The van der Waals surface area contributed by atoms with Crippen molar-refractivity contribution in [1.29, 1.82) is 0 Å². The Bertz CT molecular complexity index is 268. The van der Waals surface area contributed by atoms with Crippen LogP contribution in [0.25, 0.3) is 0 Å². The van der Waals surface area contributed by atoms with Gasteiger partial charge in [-0.25, -0.2) is 5.14 Å². The van der Waals surface area contributed by atoms with E-state index in [1.165, 1.54) is 0 Å². The zero-order valence-corrected chi connectivity index (χ0v) is 10.5. The van der Waals surface area contributed by atoms with E-state index in [2.05, 4.69) is 0 Å². The molecular formula is C6H18N2O3SSi. The van der Waals surface area contributed by atoms with Crippen LogP contribution >= 0.6 is 0 Å². The van der Waals surface area contributed by atoms with Crippen molar-refractivity contribution in [2.45, 2.75) is 38.9 Å². The van der Waals surface area contributed by atoms with Crippen molar-refractivity contribution in [2.24, 2.45) is 5.14 Å². The average molecular weight is 226 g/mol. The van der Waals surface area contributed by atoms with Gasteiger partial charge in [-0.1, -0.05) is 25.7 Å². The van der Waals surface area contributed by atoms with Crippen molar-refractivity contribution in [3.05, 3.63) is 0 Å². The Morgan fingerprint density at radius 2 is 1.69 bits per heavy atom. The van der Waals surface area contributed by atoms with Gasteiger partial charge in [0.1, 0.15) is 0 Å². The molecule has 0 aromatic carbocycles. The molecule has 0 saturated carbocycles. The molecule has 0 spiro atoms. The second kappa shape index (κ2) is 3.66. The van der Waals surface area contributed by atoms with Crippen molar-refractivity contribution < 1.29 is 12.9 Å². The summed E-state index contributed by atoms with van der Waals surface area (Å²) in [5.74, 6) is 0. The topological polar surface area (TPSA) is 81.4 Å². The summed E-state index contributed by atoms with van der Waals surface area (Å²) in [6.07, 6.45) is 0. The maximum atomic E-state index is 10.6. The van der Waals surface area contributed by atoms with E-state index in [0.29, 0.717) is 0 Å². The Hall–Kier alpha value is 0.0469. The summed E-state index contributed by atoms with van der Waals surface area (Å²) >= 11 is 0. The first kappa shape index (κ1) is 13.0. The van der Waals surface area contributed by atoms with Crippen LogP contribution in [0, 0.1) is 0 Å². The molecule has 0 aliphatic heterocycles. The molecule has 0 atom stereocenters. The highest BCUT2D eigenvalue weighted by atomic mass is 32.2. The molecule has 0 aromatic rings. The molecule has 3 N–H and O–H groups in total. The van der Waals surface area contributed by atoms with Crippen LogP contribution in [0.4, 0.5) is 0 Å². The van der Waals surface area contributed by atoms with Crippen LogP contribution in [0.1, 0.15) is 20.8 Å². The van der Waals surface area contributed by atoms with Crippen LogP contribution in [0.15, 0.2) is 0 Å². The Kier molecular flexibility index (Phi) is 3.67. The smallest absolute Gasteiger partial charge is 0.295 e. The lowest BCUT2D eigenvalue weighted by Crippen LogP contribution is -2.47. The normalized spacial score (nSPS) is 14.6. The quantitative estimate of drug-likeness (QED) is 0.549. The lowest BCUT2D eigenvalue weighted by Gasteiger charge is -2.34. The van der Waals surface area contributed by atoms with E-state index in [4.69, 9.17) is 9.67 Å². The minimum absolute atomic E-state index is 0.0509. The highest BCUT2D eigenvalue weighted by Gasteiger charge is 2.38. The molecule has 5 nitrogen and oxygen atoms in total. The van der Waals surface area contributed by atoms with Crippen LogP contribution < -0.4 is 10.0 Å². The molecule has 0 amide bonds. The average Bonchev–Trinajstić information content (AvgIpc) is 1.79. The Morgan fingerprint density at radius 1 is 1.31 bits per heavy atom. The molecule has 0 aromatic heterocycles. The van der Waals surface area contributed by atoms with E-state index >= 15 is 0 Å². The molecule has 13 heavy (non-hydrogen) atoms. The molecule has 0 bridgehead atoms. The predicted molar refractivity (Wildman–Crippen MR) is 54.5 cm³/mol. The lowest BCUT2D eigenvalue weighted by atomic mass is 10.2. The molecule has 0 fully saturated rings. The van der Waals surface area contributed by atoms with Gasteiger partial charge in [-0.15, -0.1) is 0 Å². The fraction of sp³-hybridized carbons (Fsp3) is 1.00. The van der Waals surface area contributed by atoms with Gasteiger partial charge < -0.3 is 4.53 Å². The first-order chi connectivity index (χ1) is 5.46. The molecule has 0 aliphatic rings. The third-order valence-electron chi connectivity index (χ3n) is 2.22. The molecule has 0 aliphatic carbocycles. The molecular weight excluding hydrogens is 208 g/mol. The first-order valence-electron chi connectivity index (χ1n) is 3.93. The number of hydrogen-bond donors (Lipinski definition) is 2. The Balaban J connectivity index is 4.38. The Morgan fingerprint density at radius 3 is 1.92 bits per heavy atom. The summed E-state index contributed by atoms with van der Waals surface area (Å²) in [5, 5.41) is 4.69. The molecule has 80 valence electrons. The van der Waals surface area contributed by atoms with Gasteiger partial charge in [0.05, 0.1) is 0 Å². The second-order valence-corrected chi connectivity index (χ2v) is 10.5. The fourth-order valence-corrected chi connectivity index (χ4v) is 1.92. The van der Waals surface area contributed by atoms with Crippen LogP contribution in [0.3, 0.4) is 0 Å². The third-order valence-corrected chi connectivity index (χ3v) is 6.91. The van der Waals surface area contributed by atoms with Gasteiger partial charge in [-0.05, 0) is 18.1 Å². The minimum Gasteiger partial charge on any atom is -0.331 e. The summed E-state index contributed by atoms with van der Waals surface area (Å²) in [6.45, 7) is 9.86. The van der Waals surface area contributed by atoms with Gasteiger partial charge in [0.2, 0.25) is 8.32 Å². The van der Waals surface area contributed by atoms with Gasteiger partial charge in [0.15, 0.2) is 0 Å². The van der Waals surface area contributed by atoms with Crippen LogP contribution in [0.5, 0.6) is 0 Å². The van der Waals surface area contributed by atoms with E-state index in [1.807, 2.05) is 38.8 Å². The van der Waals surface area contributed by atoms with Crippen LogP contribution in [0.2, 0.25) is 18.1 Å². The predicted octanol–water partition coefficient (Wildman–Crippen LogP) is 0.716. The van der Waals surface area contributed by atoms with E-state index in [0.717, 1.165) is 0 Å². The molecule has 0 saturated heterocycles. The van der Waals surface area contributed by atoms with Crippen molar-refractivity contribution >= 4 is 18.5 Å². The van der Waals surface area contributed by atoms with Gasteiger partial charge in [0, 0.05) is 0 Å². The largest absolute Gasteiger partial charge is 0.331 e. The molecule has 0 radical (unpaired) electrons. The van der Waals surface area contributed by atoms with Gasteiger partial charge in [0.25, 0.3) is 10.2 Å². The number of rotatable bonds is 3. The summed E-state index contributed by atoms with van der Waals surface area (Å²) in [5.41, 5.74) is 0. The van der Waals surface area contributed by atoms with E-state index in [1.54, 1.807) is 0 Å². The number of hydrogen-bond acceptors (Lipinski definition) is 3. The third kappa shape index (κ3) is 4.72. The lowest BCUT2D eigenvalue weighted by molar-refractivity contribution is 0.242. The highest BCUT2D eigenvalue weighted by Crippen LogP contribution is 2.35. The SMILES string of the molecule is CC(C)(C)[Si](C)(C)ONS(N)(=O)=O. The molecule has 0 heterocycles. The van der Waals surface area contributed by atoms with Crippen LogP contribution in [-0.2, 0) is 14.7 Å². The zero-order valence-electron chi connectivity index (χ0n) is 8.71. The molecule has 0 rings (SSSR count). The number of nitrogens with one attached hydrogen (secondary N) is 1. The summed E-state index contributed by atoms with van der Waals surface area (Å²) in [4.78, 5) is 1.88. The first-order valence-corrected chi connectivity index (χ1v) is 8.39. The summed E-state index contributed by atoms with van der Waals surface area (Å²) in [7, 11) is -5.84. The zero-order chi connectivity index (χ0) is 10.9. The standard InChI is InChI=1S/C6H18N2O3SSi/c1-6(2,3)13(4,5)11-8-12(7,9)10/h8H,1-5H3,(H2,7,9,10). The van der Waals surface area contributed by atoms with Gasteiger partial charge in [-0.2, -0.15) is 8.42 Å². The van der Waals surface area contributed by atoms with Gasteiger partial charge in [-0.3, -0.25) is 0 Å². The van der Waals surface area contributed by atoms with Crippen molar-refractivity contribution in [3.8, 4) is 0 Å². The fourth-order valence-electron chi connectivity index (χ4n) is 0.315. The minimum atomic E-state index is -3.76. The second-order valence-electron chi connectivity index (χ2n) is 4.49. The highest BCUT2D eigenvalue weighted by molar-refractivity contribution is 7.87. The maximum absolute atomic E-state index is 10.6. The maximum Gasteiger partial charge on any atom is 0.295 e. The van der Waals surface area contributed by atoms with E-state index < -0.39 is 18.5 Å².